The van der Waals surface area contributed by atoms with Crippen LogP contribution in [0.2, 0.25) is 0 Å². The summed E-state index contributed by atoms with van der Waals surface area (Å²) in [5.41, 5.74) is 2.36. The minimum Gasteiger partial charge on any atom is -0.480 e. The smallest absolute Gasteiger partial charge is 0.321 e. The van der Waals surface area contributed by atoms with Gasteiger partial charge in [-0.05, 0) is 17.5 Å². The molecule has 0 amide bonds. The summed E-state index contributed by atoms with van der Waals surface area (Å²) >= 11 is 0. The predicted molar refractivity (Wildman–Crippen MR) is 58.8 cm³/mol. The second-order valence-electron chi connectivity index (χ2n) is 3.24. The second-order valence-corrected chi connectivity index (χ2v) is 3.24. The van der Waals surface area contributed by atoms with Crippen molar-refractivity contribution in [3.05, 3.63) is 35.4 Å². The van der Waals surface area contributed by atoms with Crippen molar-refractivity contribution in [2.75, 3.05) is 0 Å². The maximum Gasteiger partial charge on any atom is 0.321 e. The van der Waals surface area contributed by atoms with Gasteiger partial charge in [0, 0.05) is 6.54 Å². The SMILES string of the molecule is O=C(O)C1Cc2ccccc2CN1.S. The molecule has 0 spiro atoms. The summed E-state index contributed by atoms with van der Waals surface area (Å²) in [4.78, 5) is 10.7. The normalized spacial score (nSPS) is 19.3. The van der Waals surface area contributed by atoms with Crippen LogP contribution >= 0.6 is 13.5 Å². The zero-order chi connectivity index (χ0) is 9.26. The fourth-order valence-corrected chi connectivity index (χ4v) is 1.63. The third kappa shape index (κ3) is 2.08. The van der Waals surface area contributed by atoms with Crippen molar-refractivity contribution in [1.29, 1.82) is 0 Å². The summed E-state index contributed by atoms with van der Waals surface area (Å²) in [7, 11) is 0. The lowest BCUT2D eigenvalue weighted by atomic mass is 9.96. The molecule has 0 radical (unpaired) electrons. The molecular formula is C10H13NO2S. The first-order valence-electron chi connectivity index (χ1n) is 4.30. The van der Waals surface area contributed by atoms with Crippen LogP contribution in [0.5, 0.6) is 0 Å². The molecule has 1 aromatic carbocycles. The van der Waals surface area contributed by atoms with Crippen molar-refractivity contribution in [2.24, 2.45) is 0 Å². The van der Waals surface area contributed by atoms with Gasteiger partial charge >= 0.3 is 5.97 Å². The average molecular weight is 211 g/mol. The number of carbonyl (C=O) groups is 1. The Morgan fingerprint density at radius 3 is 2.64 bits per heavy atom. The van der Waals surface area contributed by atoms with Gasteiger partial charge in [-0.3, -0.25) is 4.79 Å². The summed E-state index contributed by atoms with van der Waals surface area (Å²) in [6.07, 6.45) is 0.589. The lowest BCUT2D eigenvalue weighted by molar-refractivity contribution is -0.139. The van der Waals surface area contributed by atoms with E-state index in [-0.39, 0.29) is 13.5 Å². The van der Waals surface area contributed by atoms with Crippen molar-refractivity contribution in [2.45, 2.75) is 19.0 Å². The van der Waals surface area contributed by atoms with Crippen molar-refractivity contribution in [3.8, 4) is 0 Å². The third-order valence-corrected chi connectivity index (χ3v) is 2.38. The van der Waals surface area contributed by atoms with Crippen LogP contribution in [0.1, 0.15) is 11.1 Å². The molecular weight excluding hydrogens is 198 g/mol. The minimum atomic E-state index is -0.769. The summed E-state index contributed by atoms with van der Waals surface area (Å²) in [6, 6.07) is 7.52. The molecule has 0 bridgehead atoms. The van der Waals surface area contributed by atoms with Crippen molar-refractivity contribution < 1.29 is 9.90 Å². The monoisotopic (exact) mass is 211 g/mol. The molecule has 4 heteroatoms. The number of nitrogens with one attached hydrogen (secondary N) is 1. The minimum absolute atomic E-state index is 0. The number of aliphatic carboxylic acids is 1. The number of rotatable bonds is 1. The van der Waals surface area contributed by atoms with E-state index in [0.717, 1.165) is 5.56 Å². The van der Waals surface area contributed by atoms with Gasteiger partial charge in [0.2, 0.25) is 0 Å². The van der Waals surface area contributed by atoms with Gasteiger partial charge < -0.3 is 10.4 Å². The third-order valence-electron chi connectivity index (χ3n) is 2.38. The van der Waals surface area contributed by atoms with Gasteiger partial charge in [0.05, 0.1) is 0 Å². The molecule has 0 fully saturated rings. The first kappa shape index (κ1) is 11.1. The van der Waals surface area contributed by atoms with Crippen molar-refractivity contribution in [3.63, 3.8) is 0 Å². The molecule has 0 aliphatic carbocycles. The molecule has 3 nitrogen and oxygen atoms in total. The molecule has 0 saturated heterocycles. The van der Waals surface area contributed by atoms with Gasteiger partial charge in [-0.25, -0.2) is 0 Å². The van der Waals surface area contributed by atoms with E-state index in [1.54, 1.807) is 0 Å². The van der Waals surface area contributed by atoms with Crippen LogP contribution in [-0.4, -0.2) is 17.1 Å². The first-order chi connectivity index (χ1) is 6.27. The van der Waals surface area contributed by atoms with Crippen LogP contribution in [0.15, 0.2) is 24.3 Å². The Morgan fingerprint density at radius 2 is 2.00 bits per heavy atom. The summed E-state index contributed by atoms with van der Waals surface area (Å²) in [5, 5.41) is 11.8. The van der Waals surface area contributed by atoms with E-state index in [2.05, 4.69) is 5.32 Å². The zero-order valence-corrected chi connectivity index (χ0v) is 8.66. The standard InChI is InChI=1S/C10H11NO2.H2S/c12-10(13)9-5-7-3-1-2-4-8(7)6-11-9;/h1-4,9,11H,5-6H2,(H,12,13);1H2. The Kier molecular flexibility index (Phi) is 3.55. The number of fused-ring (bicyclic) bond motifs is 1. The van der Waals surface area contributed by atoms with E-state index in [1.807, 2.05) is 24.3 Å². The Hall–Kier alpha value is -1.00. The summed E-state index contributed by atoms with van der Waals surface area (Å²) in [5.74, 6) is -0.769. The molecule has 1 aliphatic rings. The molecule has 1 heterocycles. The van der Waals surface area contributed by atoms with E-state index < -0.39 is 12.0 Å². The van der Waals surface area contributed by atoms with Crippen LogP contribution < -0.4 is 5.32 Å². The predicted octanol–water partition coefficient (Wildman–Crippen LogP) is 0.898. The molecule has 2 rings (SSSR count). The molecule has 0 aromatic heterocycles. The Bertz CT molecular complexity index is 341. The molecule has 1 aliphatic heterocycles. The molecule has 76 valence electrons. The number of carboxylic acids is 1. The van der Waals surface area contributed by atoms with Crippen molar-refractivity contribution in [1.82, 2.24) is 5.32 Å². The maximum absolute atomic E-state index is 10.7. The van der Waals surface area contributed by atoms with Crippen molar-refractivity contribution >= 4 is 19.5 Å². The largest absolute Gasteiger partial charge is 0.480 e. The van der Waals surface area contributed by atoms with E-state index in [0.29, 0.717) is 13.0 Å². The van der Waals surface area contributed by atoms with Crippen LogP contribution in [0.4, 0.5) is 0 Å². The maximum atomic E-state index is 10.7. The van der Waals surface area contributed by atoms with Crippen LogP contribution in [0.25, 0.3) is 0 Å². The van der Waals surface area contributed by atoms with E-state index in [1.165, 1.54) is 5.56 Å². The molecule has 1 aromatic rings. The van der Waals surface area contributed by atoms with E-state index >= 15 is 0 Å². The second kappa shape index (κ2) is 4.48. The van der Waals surface area contributed by atoms with Crippen LogP contribution in [0.3, 0.4) is 0 Å². The molecule has 1 atom stereocenters. The van der Waals surface area contributed by atoms with Gasteiger partial charge in [-0.2, -0.15) is 13.5 Å². The Balaban J connectivity index is 0.000000980. The Labute approximate surface area is 89.6 Å². The number of hydrogen-bond acceptors (Lipinski definition) is 2. The van der Waals surface area contributed by atoms with Gasteiger partial charge in [0.1, 0.15) is 6.04 Å². The quantitative estimate of drug-likeness (QED) is 0.725. The lowest BCUT2D eigenvalue weighted by Gasteiger charge is -2.22. The van der Waals surface area contributed by atoms with E-state index in [4.69, 9.17) is 5.11 Å². The Morgan fingerprint density at radius 1 is 1.36 bits per heavy atom. The number of hydrogen-bond donors (Lipinski definition) is 2. The highest BCUT2D eigenvalue weighted by Crippen LogP contribution is 2.15. The van der Waals surface area contributed by atoms with Gasteiger partial charge in [0.25, 0.3) is 0 Å². The molecule has 2 N–H and O–H groups in total. The number of benzene rings is 1. The highest BCUT2D eigenvalue weighted by molar-refractivity contribution is 7.59. The highest BCUT2D eigenvalue weighted by Gasteiger charge is 2.22. The molecule has 0 saturated carbocycles. The molecule has 14 heavy (non-hydrogen) atoms. The highest BCUT2D eigenvalue weighted by atomic mass is 32.1. The zero-order valence-electron chi connectivity index (χ0n) is 7.66. The summed E-state index contributed by atoms with van der Waals surface area (Å²) in [6.45, 7) is 0.660. The van der Waals surface area contributed by atoms with Crippen LogP contribution in [-0.2, 0) is 17.8 Å². The fraction of sp³-hybridized carbons (Fsp3) is 0.300. The molecule has 1 unspecified atom stereocenters. The van der Waals surface area contributed by atoms with Crippen LogP contribution in [0, 0.1) is 0 Å². The van der Waals surface area contributed by atoms with Gasteiger partial charge in [-0.15, -0.1) is 0 Å². The van der Waals surface area contributed by atoms with Gasteiger partial charge in [0.15, 0.2) is 0 Å². The van der Waals surface area contributed by atoms with E-state index in [9.17, 15) is 4.79 Å². The number of carboxylic acid groups (broad SMARTS) is 1. The fourth-order valence-electron chi connectivity index (χ4n) is 1.63. The van der Waals surface area contributed by atoms with Gasteiger partial charge in [-0.1, -0.05) is 24.3 Å². The average Bonchev–Trinajstić information content (AvgIpc) is 2.17. The lowest BCUT2D eigenvalue weighted by Crippen LogP contribution is -2.41. The topological polar surface area (TPSA) is 49.3 Å². The first-order valence-corrected chi connectivity index (χ1v) is 4.30. The summed E-state index contributed by atoms with van der Waals surface area (Å²) < 4.78 is 0.